The molecule has 1 atom stereocenters. The Labute approximate surface area is 223 Å². The number of hydrogen-bond donors (Lipinski definition) is 1. The van der Waals surface area contributed by atoms with Crippen LogP contribution in [0.15, 0.2) is 24.3 Å². The van der Waals surface area contributed by atoms with E-state index in [1.165, 1.54) is 86.2 Å². The molecule has 0 heterocycles. The summed E-state index contributed by atoms with van der Waals surface area (Å²) >= 11 is 2.31. The molecule has 0 aliphatic heterocycles. The lowest BCUT2D eigenvalue weighted by molar-refractivity contribution is -0.903. The van der Waals surface area contributed by atoms with Gasteiger partial charge in [-0.1, -0.05) is 103 Å². The van der Waals surface area contributed by atoms with Crippen molar-refractivity contribution < 1.29 is 23.0 Å². The summed E-state index contributed by atoms with van der Waals surface area (Å²) in [7, 11) is 0.230. The van der Waals surface area contributed by atoms with Crippen LogP contribution in [-0.4, -0.2) is 43.2 Å². The van der Waals surface area contributed by atoms with Crippen molar-refractivity contribution >= 4 is 30.4 Å². The van der Waals surface area contributed by atoms with E-state index in [0.717, 1.165) is 19.4 Å². The summed E-state index contributed by atoms with van der Waals surface area (Å²) in [6.07, 6.45) is 18.0. The van der Waals surface area contributed by atoms with Crippen LogP contribution in [0.3, 0.4) is 0 Å². The number of quaternary nitrogens is 1. The molecule has 0 bridgehead atoms. The van der Waals surface area contributed by atoms with Crippen LogP contribution in [0.1, 0.15) is 102 Å². The first-order valence-corrected chi connectivity index (χ1v) is 16.0. The highest BCUT2D eigenvalue weighted by molar-refractivity contribution is 14.1. The number of phosphoric acid groups is 1. The first-order chi connectivity index (χ1) is 16.2. The molecule has 0 amide bonds. The molecule has 34 heavy (non-hydrogen) atoms. The van der Waals surface area contributed by atoms with Gasteiger partial charge in [0.25, 0.3) is 0 Å². The minimum Gasteiger partial charge on any atom is -0.323 e. The maximum Gasteiger partial charge on any atom is 0.472 e. The Balaban J connectivity index is 1.98. The van der Waals surface area contributed by atoms with Crippen LogP contribution in [-0.2, 0) is 20.2 Å². The molecular formula is C27H50INO4P+. The maximum atomic E-state index is 12.1. The number of halogens is 1. The summed E-state index contributed by atoms with van der Waals surface area (Å²) < 4.78 is 24.4. The van der Waals surface area contributed by atoms with Gasteiger partial charge in [0.15, 0.2) is 0 Å². The van der Waals surface area contributed by atoms with Crippen molar-refractivity contribution in [2.24, 2.45) is 0 Å². The molecule has 0 saturated heterocycles. The SMILES string of the molecule is CCCCCCCCCCCCCCCCOP(=O)(O)OCC[N+](C)(C)Cc1cccc(I)c1. The van der Waals surface area contributed by atoms with Gasteiger partial charge in [0.2, 0.25) is 0 Å². The molecule has 0 fully saturated rings. The van der Waals surface area contributed by atoms with E-state index in [1.54, 1.807) is 0 Å². The molecule has 7 heteroatoms. The minimum atomic E-state index is -3.97. The van der Waals surface area contributed by atoms with Crippen molar-refractivity contribution in [2.75, 3.05) is 33.9 Å². The van der Waals surface area contributed by atoms with Gasteiger partial charge in [0, 0.05) is 9.13 Å². The monoisotopic (exact) mass is 610 g/mol. The van der Waals surface area contributed by atoms with Crippen LogP contribution in [0.5, 0.6) is 0 Å². The summed E-state index contributed by atoms with van der Waals surface area (Å²) in [5, 5.41) is 0. The zero-order chi connectivity index (χ0) is 25.1. The van der Waals surface area contributed by atoms with Gasteiger partial charge in [-0.2, -0.15) is 0 Å². The van der Waals surface area contributed by atoms with Crippen LogP contribution >= 0.6 is 30.4 Å². The summed E-state index contributed by atoms with van der Waals surface area (Å²) in [5.41, 5.74) is 1.25. The van der Waals surface area contributed by atoms with Gasteiger partial charge in [-0.15, -0.1) is 0 Å². The zero-order valence-electron chi connectivity index (χ0n) is 22.0. The van der Waals surface area contributed by atoms with Crippen molar-refractivity contribution in [1.29, 1.82) is 0 Å². The van der Waals surface area contributed by atoms with E-state index in [-0.39, 0.29) is 13.2 Å². The molecule has 0 radical (unpaired) electrons. The molecule has 1 aromatic rings. The summed E-state index contributed by atoms with van der Waals surface area (Å²) in [4.78, 5) is 9.94. The number of unbranched alkanes of at least 4 members (excludes halogenated alkanes) is 13. The lowest BCUT2D eigenvalue weighted by Gasteiger charge is -2.30. The highest BCUT2D eigenvalue weighted by Gasteiger charge is 2.23. The van der Waals surface area contributed by atoms with Crippen LogP contribution in [0.4, 0.5) is 0 Å². The van der Waals surface area contributed by atoms with Gasteiger partial charge in [0.05, 0.1) is 20.7 Å². The van der Waals surface area contributed by atoms with E-state index in [0.29, 0.717) is 11.0 Å². The molecular weight excluding hydrogens is 560 g/mol. The number of likely N-dealkylation sites (N-methyl/N-ethyl adjacent to an activating group) is 1. The zero-order valence-corrected chi connectivity index (χ0v) is 25.0. The van der Waals surface area contributed by atoms with Crippen molar-refractivity contribution in [1.82, 2.24) is 0 Å². The molecule has 0 saturated carbocycles. The summed E-state index contributed by atoms with van der Waals surface area (Å²) in [6, 6.07) is 8.41. The molecule has 198 valence electrons. The molecule has 1 unspecified atom stereocenters. The van der Waals surface area contributed by atoms with E-state index in [9.17, 15) is 9.46 Å². The van der Waals surface area contributed by atoms with Crippen molar-refractivity contribution in [2.45, 2.75) is 103 Å². The Morgan fingerprint density at radius 3 is 1.85 bits per heavy atom. The first-order valence-electron chi connectivity index (χ1n) is 13.4. The van der Waals surface area contributed by atoms with Crippen LogP contribution in [0, 0.1) is 3.57 Å². The Morgan fingerprint density at radius 2 is 1.32 bits per heavy atom. The fourth-order valence-electron chi connectivity index (χ4n) is 4.13. The quantitative estimate of drug-likeness (QED) is 0.0619. The van der Waals surface area contributed by atoms with Crippen molar-refractivity contribution in [3.8, 4) is 0 Å². The van der Waals surface area contributed by atoms with E-state index in [1.807, 2.05) is 0 Å². The molecule has 0 spiro atoms. The Morgan fingerprint density at radius 1 is 0.824 bits per heavy atom. The molecule has 0 aromatic heterocycles. The topological polar surface area (TPSA) is 55.8 Å². The van der Waals surface area contributed by atoms with Crippen LogP contribution in [0.25, 0.3) is 0 Å². The normalized spacial score (nSPS) is 13.8. The van der Waals surface area contributed by atoms with Gasteiger partial charge in [-0.05, 0) is 41.1 Å². The van der Waals surface area contributed by atoms with Gasteiger partial charge in [0.1, 0.15) is 19.7 Å². The van der Waals surface area contributed by atoms with Gasteiger partial charge >= 0.3 is 7.82 Å². The van der Waals surface area contributed by atoms with Crippen LogP contribution in [0.2, 0.25) is 0 Å². The third kappa shape index (κ3) is 18.3. The lowest BCUT2D eigenvalue weighted by atomic mass is 10.0. The van der Waals surface area contributed by atoms with E-state index >= 15 is 0 Å². The second-order valence-corrected chi connectivity index (χ2v) is 12.9. The summed E-state index contributed by atoms with van der Waals surface area (Å²) in [6.45, 7) is 4.23. The van der Waals surface area contributed by atoms with Crippen LogP contribution < -0.4 is 0 Å². The third-order valence-electron chi connectivity index (χ3n) is 6.20. The smallest absolute Gasteiger partial charge is 0.323 e. The summed E-state index contributed by atoms with van der Waals surface area (Å²) in [5.74, 6) is 0. The average molecular weight is 611 g/mol. The van der Waals surface area contributed by atoms with E-state index in [2.05, 4.69) is 67.9 Å². The number of nitrogens with zero attached hydrogens (tertiary/aromatic N) is 1. The van der Waals surface area contributed by atoms with Crippen molar-refractivity contribution in [3.05, 3.63) is 33.4 Å². The molecule has 1 rings (SSSR count). The minimum absolute atomic E-state index is 0.198. The van der Waals surface area contributed by atoms with Gasteiger partial charge in [-0.25, -0.2) is 4.57 Å². The second-order valence-electron chi connectivity index (χ2n) is 10.2. The highest BCUT2D eigenvalue weighted by Crippen LogP contribution is 2.43. The predicted octanol–water partition coefficient (Wildman–Crippen LogP) is 8.48. The fourth-order valence-corrected chi connectivity index (χ4v) is 5.48. The van der Waals surface area contributed by atoms with Gasteiger partial charge < -0.3 is 9.38 Å². The fraction of sp³-hybridized carbons (Fsp3) is 0.778. The number of rotatable bonds is 22. The number of hydrogen-bond acceptors (Lipinski definition) is 3. The standard InChI is InChI=1S/C27H49INO4P/c1-4-5-6-7-8-9-10-11-12-13-14-15-16-17-22-32-34(30,31)33-23-21-29(2,3)25-26-19-18-20-27(28)24-26/h18-20,24H,4-17,21-23,25H2,1-3H3/p+1. The first kappa shape index (κ1) is 32.0. The average Bonchev–Trinajstić information content (AvgIpc) is 2.75. The lowest BCUT2D eigenvalue weighted by Crippen LogP contribution is -2.41. The molecule has 0 aliphatic rings. The molecule has 0 aliphatic carbocycles. The van der Waals surface area contributed by atoms with Gasteiger partial charge in [-0.3, -0.25) is 9.05 Å². The number of phosphoric ester groups is 1. The molecule has 1 N–H and O–H groups in total. The molecule has 1 aromatic carbocycles. The third-order valence-corrected chi connectivity index (χ3v) is 7.89. The Kier molecular flexibility index (Phi) is 18.1. The Bertz CT molecular complexity index is 686. The largest absolute Gasteiger partial charge is 0.472 e. The second kappa shape index (κ2) is 19.2. The predicted molar refractivity (Wildman–Crippen MR) is 152 cm³/mol. The number of benzene rings is 1. The van der Waals surface area contributed by atoms with Crippen molar-refractivity contribution in [3.63, 3.8) is 0 Å². The van der Waals surface area contributed by atoms with E-state index < -0.39 is 7.82 Å². The highest BCUT2D eigenvalue weighted by atomic mass is 127. The maximum absolute atomic E-state index is 12.1. The Hall–Kier alpha value is 0.0200. The molecule has 5 nitrogen and oxygen atoms in total. The van der Waals surface area contributed by atoms with E-state index in [4.69, 9.17) is 9.05 Å².